The molecular formula is C8H8Cl2N4O2. The predicted molar refractivity (Wildman–Crippen MR) is 58.9 cm³/mol. The molecule has 3 N–H and O–H groups in total. The molecule has 0 saturated heterocycles. The summed E-state index contributed by atoms with van der Waals surface area (Å²) in [5, 5.41) is 21.0. The lowest BCUT2D eigenvalue weighted by Crippen LogP contribution is -1.95. The number of rotatable bonds is 1. The van der Waals surface area contributed by atoms with E-state index in [0.29, 0.717) is 5.15 Å². The molecule has 86 valence electrons. The quantitative estimate of drug-likeness (QED) is 0.734. The van der Waals surface area contributed by atoms with Crippen LogP contribution in [0.25, 0.3) is 0 Å². The molecule has 0 unspecified atom stereocenters. The van der Waals surface area contributed by atoms with Gasteiger partial charge in [0.25, 0.3) is 0 Å². The van der Waals surface area contributed by atoms with Crippen LogP contribution < -0.4 is 0 Å². The first-order valence-electron chi connectivity index (χ1n) is 4.10. The number of nitrogens with zero attached hydrogens (tertiary/aromatic N) is 2. The second-order valence-corrected chi connectivity index (χ2v) is 3.57. The molecule has 0 spiro atoms. The first kappa shape index (κ1) is 12.5. The molecule has 0 bridgehead atoms. The minimum Gasteiger partial charge on any atom is -0.476 e. The summed E-state index contributed by atoms with van der Waals surface area (Å²) in [4.78, 5) is 10.1. The number of carbonyl (C=O) groups is 1. The lowest BCUT2D eigenvalue weighted by molar-refractivity contribution is 0.0690. The fourth-order valence-electron chi connectivity index (χ4n) is 0.793. The lowest BCUT2D eigenvalue weighted by atomic mass is 10.5. The number of hydrogen-bond acceptors (Lipinski definition) is 3. The van der Waals surface area contributed by atoms with Crippen molar-refractivity contribution in [3.8, 4) is 0 Å². The van der Waals surface area contributed by atoms with Gasteiger partial charge in [-0.1, -0.05) is 23.2 Å². The third-order valence-corrected chi connectivity index (χ3v) is 1.83. The molecule has 2 rings (SSSR count). The van der Waals surface area contributed by atoms with E-state index in [1.54, 1.807) is 6.07 Å². The van der Waals surface area contributed by atoms with E-state index in [-0.39, 0.29) is 10.8 Å². The van der Waals surface area contributed by atoms with Gasteiger partial charge in [-0.2, -0.15) is 10.2 Å². The largest absolute Gasteiger partial charge is 0.476 e. The maximum Gasteiger partial charge on any atom is 0.356 e. The van der Waals surface area contributed by atoms with Crippen LogP contribution in [0, 0.1) is 6.92 Å². The highest BCUT2D eigenvalue weighted by Gasteiger charge is 2.05. The van der Waals surface area contributed by atoms with Crippen molar-refractivity contribution in [1.82, 2.24) is 20.4 Å². The molecule has 0 aromatic carbocycles. The minimum absolute atomic E-state index is 0.0694. The zero-order chi connectivity index (χ0) is 12.1. The number of aromatic nitrogens is 4. The Labute approximate surface area is 101 Å². The van der Waals surface area contributed by atoms with Crippen molar-refractivity contribution in [3.63, 3.8) is 0 Å². The monoisotopic (exact) mass is 262 g/mol. The maximum atomic E-state index is 10.1. The molecule has 0 aliphatic carbocycles. The number of aromatic carboxylic acids is 1. The van der Waals surface area contributed by atoms with E-state index in [2.05, 4.69) is 20.4 Å². The van der Waals surface area contributed by atoms with Gasteiger partial charge in [-0.05, 0) is 13.0 Å². The van der Waals surface area contributed by atoms with E-state index >= 15 is 0 Å². The van der Waals surface area contributed by atoms with Crippen LogP contribution in [0.3, 0.4) is 0 Å². The molecule has 2 heterocycles. The maximum absolute atomic E-state index is 10.1. The van der Waals surface area contributed by atoms with Crippen molar-refractivity contribution < 1.29 is 9.90 Å². The lowest BCUT2D eigenvalue weighted by Gasteiger charge is -1.77. The second-order valence-electron chi connectivity index (χ2n) is 2.78. The smallest absolute Gasteiger partial charge is 0.356 e. The number of halogens is 2. The molecule has 6 nitrogen and oxygen atoms in total. The summed E-state index contributed by atoms with van der Waals surface area (Å²) >= 11 is 10.7. The number of carboxylic acid groups (broad SMARTS) is 1. The number of aryl methyl sites for hydroxylation is 1. The van der Waals surface area contributed by atoms with E-state index < -0.39 is 5.97 Å². The third kappa shape index (κ3) is 3.92. The van der Waals surface area contributed by atoms with E-state index in [0.717, 1.165) is 5.69 Å². The molecule has 2 aromatic heterocycles. The van der Waals surface area contributed by atoms with Gasteiger partial charge < -0.3 is 5.11 Å². The number of carboxylic acids is 1. The van der Waals surface area contributed by atoms with Gasteiger partial charge in [0.15, 0.2) is 10.8 Å². The molecule has 0 atom stereocenters. The molecule has 0 radical (unpaired) electrons. The van der Waals surface area contributed by atoms with Gasteiger partial charge >= 0.3 is 5.97 Å². The van der Waals surface area contributed by atoms with Crippen LogP contribution >= 0.6 is 23.2 Å². The van der Waals surface area contributed by atoms with E-state index in [1.165, 1.54) is 6.07 Å². The average molecular weight is 263 g/mol. The molecular weight excluding hydrogens is 255 g/mol. The highest BCUT2D eigenvalue weighted by molar-refractivity contribution is 6.29. The Morgan fingerprint density at radius 3 is 2.19 bits per heavy atom. The van der Waals surface area contributed by atoms with Crippen LogP contribution in [-0.2, 0) is 0 Å². The number of nitrogens with one attached hydrogen (secondary N) is 2. The molecule has 0 aliphatic rings. The van der Waals surface area contributed by atoms with Crippen molar-refractivity contribution in [2.75, 3.05) is 0 Å². The zero-order valence-electron chi connectivity index (χ0n) is 8.16. The van der Waals surface area contributed by atoms with Gasteiger partial charge in [0.2, 0.25) is 0 Å². The van der Waals surface area contributed by atoms with Crippen LogP contribution in [0.1, 0.15) is 16.2 Å². The molecule has 0 fully saturated rings. The Morgan fingerprint density at radius 2 is 2.00 bits per heavy atom. The molecule has 0 saturated carbocycles. The fraction of sp³-hybridized carbons (Fsp3) is 0.125. The van der Waals surface area contributed by atoms with Crippen LogP contribution in [-0.4, -0.2) is 31.5 Å². The predicted octanol–water partition coefficient (Wildman–Crippen LogP) is 2.13. The first-order valence-corrected chi connectivity index (χ1v) is 4.86. The Balaban J connectivity index is 0.000000165. The van der Waals surface area contributed by atoms with Crippen LogP contribution in [0.2, 0.25) is 10.3 Å². The zero-order valence-corrected chi connectivity index (χ0v) is 9.67. The van der Waals surface area contributed by atoms with Crippen molar-refractivity contribution in [1.29, 1.82) is 0 Å². The summed E-state index contributed by atoms with van der Waals surface area (Å²) < 4.78 is 0. The highest BCUT2D eigenvalue weighted by atomic mass is 35.5. The Kier molecular flexibility index (Phi) is 4.33. The first-order chi connectivity index (χ1) is 7.49. The summed E-state index contributed by atoms with van der Waals surface area (Å²) in [5.74, 6) is -1.09. The Morgan fingerprint density at radius 1 is 1.31 bits per heavy atom. The summed E-state index contributed by atoms with van der Waals surface area (Å²) in [6.45, 7) is 1.90. The number of H-pyrrole nitrogens is 2. The summed E-state index contributed by atoms with van der Waals surface area (Å²) in [5.41, 5.74) is 0.921. The van der Waals surface area contributed by atoms with Crippen LogP contribution in [0.5, 0.6) is 0 Å². The van der Waals surface area contributed by atoms with Gasteiger partial charge in [0.1, 0.15) is 5.15 Å². The average Bonchev–Trinajstić information content (AvgIpc) is 2.76. The van der Waals surface area contributed by atoms with Gasteiger partial charge in [0, 0.05) is 11.8 Å². The standard InChI is InChI=1S/C4H3ClN2O2.C4H5ClN2/c5-3-1-2(4(8)9)6-7-3;1-3-2-4(5)7-6-3/h1H,(H,6,7)(H,8,9);2H,1H3,(H,6,7). The summed E-state index contributed by atoms with van der Waals surface area (Å²) in [6, 6.07) is 3.01. The van der Waals surface area contributed by atoms with Gasteiger partial charge in [0.05, 0.1) is 0 Å². The summed E-state index contributed by atoms with van der Waals surface area (Å²) in [7, 11) is 0. The van der Waals surface area contributed by atoms with Crippen LogP contribution in [0.4, 0.5) is 0 Å². The van der Waals surface area contributed by atoms with Crippen LogP contribution in [0.15, 0.2) is 12.1 Å². The van der Waals surface area contributed by atoms with Crippen molar-refractivity contribution in [2.45, 2.75) is 6.92 Å². The van der Waals surface area contributed by atoms with Crippen molar-refractivity contribution in [3.05, 3.63) is 33.8 Å². The fourth-order valence-corrected chi connectivity index (χ4v) is 1.14. The second kappa shape index (κ2) is 5.53. The molecule has 0 aliphatic heterocycles. The molecule has 8 heteroatoms. The van der Waals surface area contributed by atoms with Gasteiger partial charge in [-0.15, -0.1) is 0 Å². The summed E-state index contributed by atoms with van der Waals surface area (Å²) in [6.07, 6.45) is 0. The molecule has 2 aromatic rings. The highest BCUT2D eigenvalue weighted by Crippen LogP contribution is 2.04. The van der Waals surface area contributed by atoms with Gasteiger partial charge in [-0.25, -0.2) is 4.79 Å². The molecule has 16 heavy (non-hydrogen) atoms. The normalized spacial score (nSPS) is 9.44. The van der Waals surface area contributed by atoms with Gasteiger partial charge in [-0.3, -0.25) is 10.2 Å². The number of aromatic amines is 2. The SMILES string of the molecule is Cc1cc(Cl)n[nH]1.O=C(O)c1cc(Cl)[nH]n1. The van der Waals surface area contributed by atoms with E-state index in [1.807, 2.05) is 6.92 Å². The van der Waals surface area contributed by atoms with Crippen molar-refractivity contribution in [2.24, 2.45) is 0 Å². The minimum atomic E-state index is -1.09. The topological polar surface area (TPSA) is 94.7 Å². The van der Waals surface area contributed by atoms with Crippen molar-refractivity contribution >= 4 is 29.2 Å². The third-order valence-electron chi connectivity index (χ3n) is 1.44. The Hall–Kier alpha value is -1.53. The Bertz CT molecular complexity index is 463. The number of hydrogen-bond donors (Lipinski definition) is 3. The van der Waals surface area contributed by atoms with E-state index in [4.69, 9.17) is 28.3 Å². The molecule has 0 amide bonds. The van der Waals surface area contributed by atoms with E-state index in [9.17, 15) is 4.79 Å².